The molecule has 0 bridgehead atoms. The van der Waals surface area contributed by atoms with Crippen LogP contribution in [-0.4, -0.2) is 24.1 Å². The molecule has 0 spiro atoms. The standard InChI is InChI=1S/C15H14ClN3S/c1-9-6-7-20-13(9)15-17-12-5-4-10(19(2)3)8-11(12)14(16)18-15/h4-8H,1-3H3. The zero-order valence-electron chi connectivity index (χ0n) is 11.5. The van der Waals surface area contributed by atoms with Crippen LogP contribution in [0.15, 0.2) is 29.6 Å². The fourth-order valence-electron chi connectivity index (χ4n) is 2.06. The van der Waals surface area contributed by atoms with Crippen LogP contribution in [0.4, 0.5) is 5.69 Å². The fraction of sp³-hybridized carbons (Fsp3) is 0.200. The molecule has 0 radical (unpaired) electrons. The van der Waals surface area contributed by atoms with E-state index in [1.807, 2.05) is 42.6 Å². The lowest BCUT2D eigenvalue weighted by atomic mass is 10.2. The van der Waals surface area contributed by atoms with Crippen molar-refractivity contribution in [3.63, 3.8) is 0 Å². The minimum Gasteiger partial charge on any atom is -0.378 e. The summed E-state index contributed by atoms with van der Waals surface area (Å²) in [7, 11) is 4.00. The van der Waals surface area contributed by atoms with Gasteiger partial charge >= 0.3 is 0 Å². The lowest BCUT2D eigenvalue weighted by Crippen LogP contribution is -2.08. The number of hydrogen-bond donors (Lipinski definition) is 0. The molecule has 0 saturated carbocycles. The summed E-state index contributed by atoms with van der Waals surface area (Å²) < 4.78 is 0. The third-order valence-corrected chi connectivity index (χ3v) is 4.51. The smallest absolute Gasteiger partial charge is 0.171 e. The number of benzene rings is 1. The van der Waals surface area contributed by atoms with E-state index >= 15 is 0 Å². The maximum atomic E-state index is 6.34. The van der Waals surface area contributed by atoms with Crippen LogP contribution in [0.5, 0.6) is 0 Å². The van der Waals surface area contributed by atoms with Crippen molar-refractivity contribution in [2.24, 2.45) is 0 Å². The highest BCUT2D eigenvalue weighted by Gasteiger charge is 2.11. The lowest BCUT2D eigenvalue weighted by Gasteiger charge is -2.13. The number of halogens is 1. The average Bonchev–Trinajstić information content (AvgIpc) is 2.84. The molecule has 3 nitrogen and oxygen atoms in total. The molecule has 0 saturated heterocycles. The number of anilines is 1. The molecule has 1 aromatic carbocycles. The van der Waals surface area contributed by atoms with Gasteiger partial charge in [-0.25, -0.2) is 9.97 Å². The van der Waals surface area contributed by atoms with Gasteiger partial charge in [0.1, 0.15) is 5.15 Å². The Morgan fingerprint density at radius 2 is 1.95 bits per heavy atom. The molecule has 0 aliphatic heterocycles. The van der Waals surface area contributed by atoms with Crippen molar-refractivity contribution in [3.8, 4) is 10.7 Å². The highest BCUT2D eigenvalue weighted by atomic mass is 35.5. The molecule has 20 heavy (non-hydrogen) atoms. The second-order valence-electron chi connectivity index (χ2n) is 4.87. The van der Waals surface area contributed by atoms with Crippen molar-refractivity contribution in [1.82, 2.24) is 9.97 Å². The summed E-state index contributed by atoms with van der Waals surface area (Å²) in [6.07, 6.45) is 0. The molecule has 0 fully saturated rings. The van der Waals surface area contributed by atoms with Gasteiger partial charge in [0, 0.05) is 25.2 Å². The summed E-state index contributed by atoms with van der Waals surface area (Å²) in [6, 6.07) is 8.11. The van der Waals surface area contributed by atoms with E-state index in [-0.39, 0.29) is 0 Å². The van der Waals surface area contributed by atoms with Crippen LogP contribution >= 0.6 is 22.9 Å². The summed E-state index contributed by atoms with van der Waals surface area (Å²) in [5, 5.41) is 3.43. The van der Waals surface area contributed by atoms with Gasteiger partial charge in [-0.2, -0.15) is 0 Å². The van der Waals surface area contributed by atoms with Gasteiger partial charge in [0.15, 0.2) is 5.82 Å². The maximum absolute atomic E-state index is 6.34. The third kappa shape index (κ3) is 2.25. The normalized spacial score (nSPS) is 11.0. The zero-order valence-corrected chi connectivity index (χ0v) is 13.1. The molecule has 0 amide bonds. The average molecular weight is 304 g/mol. The Kier molecular flexibility index (Phi) is 3.36. The van der Waals surface area contributed by atoms with Crippen LogP contribution in [0.1, 0.15) is 5.56 Å². The van der Waals surface area contributed by atoms with Crippen LogP contribution in [0.3, 0.4) is 0 Å². The van der Waals surface area contributed by atoms with Crippen molar-refractivity contribution >= 4 is 39.5 Å². The summed E-state index contributed by atoms with van der Waals surface area (Å²) in [6.45, 7) is 2.06. The Morgan fingerprint density at radius 1 is 1.15 bits per heavy atom. The lowest BCUT2D eigenvalue weighted by molar-refractivity contribution is 1.13. The van der Waals surface area contributed by atoms with Crippen LogP contribution < -0.4 is 4.90 Å². The largest absolute Gasteiger partial charge is 0.378 e. The highest BCUT2D eigenvalue weighted by molar-refractivity contribution is 7.13. The van der Waals surface area contributed by atoms with Gasteiger partial charge in [0.2, 0.25) is 0 Å². The monoisotopic (exact) mass is 303 g/mol. The summed E-state index contributed by atoms with van der Waals surface area (Å²) in [4.78, 5) is 12.2. The van der Waals surface area contributed by atoms with Crippen molar-refractivity contribution in [3.05, 3.63) is 40.4 Å². The van der Waals surface area contributed by atoms with Gasteiger partial charge in [-0.15, -0.1) is 11.3 Å². The molecule has 3 rings (SSSR count). The number of thiophene rings is 1. The van der Waals surface area contributed by atoms with Gasteiger partial charge in [-0.05, 0) is 42.1 Å². The zero-order chi connectivity index (χ0) is 14.3. The summed E-state index contributed by atoms with van der Waals surface area (Å²) in [5.74, 6) is 0.701. The van der Waals surface area contributed by atoms with Gasteiger partial charge in [-0.1, -0.05) is 11.6 Å². The van der Waals surface area contributed by atoms with Gasteiger partial charge < -0.3 is 4.90 Å². The predicted octanol–water partition coefficient (Wildman–Crippen LogP) is 4.39. The number of nitrogens with zero attached hydrogens (tertiary/aromatic N) is 3. The first-order valence-corrected chi connectivity index (χ1v) is 7.51. The Labute approximate surface area is 126 Å². The topological polar surface area (TPSA) is 29.0 Å². The van der Waals surface area contributed by atoms with E-state index in [1.54, 1.807) is 11.3 Å². The van der Waals surface area contributed by atoms with Gasteiger partial charge in [0.25, 0.3) is 0 Å². The summed E-state index contributed by atoms with van der Waals surface area (Å²) >= 11 is 7.98. The molecular formula is C15H14ClN3S. The molecule has 0 N–H and O–H groups in total. The van der Waals surface area contributed by atoms with E-state index < -0.39 is 0 Å². The molecule has 0 unspecified atom stereocenters. The Balaban J connectivity index is 2.21. The Bertz CT molecular complexity index is 780. The van der Waals surface area contributed by atoms with Crippen molar-refractivity contribution in [2.45, 2.75) is 6.92 Å². The van der Waals surface area contributed by atoms with Gasteiger partial charge in [-0.3, -0.25) is 0 Å². The number of hydrogen-bond acceptors (Lipinski definition) is 4. The van der Waals surface area contributed by atoms with Gasteiger partial charge in [0.05, 0.1) is 10.4 Å². The van der Waals surface area contributed by atoms with Crippen LogP contribution in [0, 0.1) is 6.92 Å². The van der Waals surface area contributed by atoms with Crippen molar-refractivity contribution < 1.29 is 0 Å². The van der Waals surface area contributed by atoms with Crippen molar-refractivity contribution in [1.29, 1.82) is 0 Å². The number of aryl methyl sites for hydroxylation is 1. The van der Waals surface area contributed by atoms with E-state index in [9.17, 15) is 0 Å². The molecule has 2 heterocycles. The van der Waals surface area contributed by atoms with Crippen LogP contribution in [-0.2, 0) is 0 Å². The molecular weight excluding hydrogens is 290 g/mol. The molecule has 5 heteroatoms. The quantitative estimate of drug-likeness (QED) is 0.658. The highest BCUT2D eigenvalue weighted by Crippen LogP contribution is 2.31. The number of aromatic nitrogens is 2. The van der Waals surface area contributed by atoms with E-state index in [0.717, 1.165) is 21.5 Å². The number of fused-ring (bicyclic) bond motifs is 1. The Hall–Kier alpha value is -1.65. The van der Waals surface area contributed by atoms with E-state index in [0.29, 0.717) is 11.0 Å². The molecule has 3 aromatic rings. The second kappa shape index (κ2) is 5.04. The number of rotatable bonds is 2. The maximum Gasteiger partial charge on any atom is 0.171 e. The first-order valence-electron chi connectivity index (χ1n) is 6.25. The van der Waals surface area contributed by atoms with Crippen LogP contribution in [0.25, 0.3) is 21.6 Å². The predicted molar refractivity (Wildman–Crippen MR) is 86.9 cm³/mol. The fourth-order valence-corrected chi connectivity index (χ4v) is 3.15. The molecule has 2 aromatic heterocycles. The Morgan fingerprint density at radius 3 is 2.60 bits per heavy atom. The molecule has 102 valence electrons. The second-order valence-corrected chi connectivity index (χ2v) is 6.14. The molecule has 0 atom stereocenters. The van der Waals surface area contributed by atoms with E-state index in [4.69, 9.17) is 11.6 Å². The molecule has 0 aliphatic carbocycles. The van der Waals surface area contributed by atoms with Crippen molar-refractivity contribution in [2.75, 3.05) is 19.0 Å². The summed E-state index contributed by atoms with van der Waals surface area (Å²) in [5.41, 5.74) is 3.14. The third-order valence-electron chi connectivity index (χ3n) is 3.21. The van der Waals surface area contributed by atoms with E-state index in [2.05, 4.69) is 23.0 Å². The van der Waals surface area contributed by atoms with Crippen LogP contribution in [0.2, 0.25) is 5.15 Å². The minimum atomic E-state index is 0.501. The van der Waals surface area contributed by atoms with E-state index in [1.165, 1.54) is 5.56 Å². The first kappa shape index (κ1) is 13.3. The minimum absolute atomic E-state index is 0.501. The SMILES string of the molecule is Cc1ccsc1-c1nc(Cl)c2cc(N(C)C)ccc2n1. The molecule has 0 aliphatic rings. The first-order chi connectivity index (χ1) is 9.56.